The molecule has 1 unspecified atom stereocenters. The predicted molar refractivity (Wildman–Crippen MR) is 66.8 cm³/mol. The van der Waals surface area contributed by atoms with Crippen LogP contribution in [0.1, 0.15) is 36.4 Å². The molecule has 3 rings (SSSR count). The lowest BCUT2D eigenvalue weighted by molar-refractivity contribution is 0.171. The van der Waals surface area contributed by atoms with Crippen molar-refractivity contribution < 1.29 is 9.47 Å². The first-order valence-corrected chi connectivity index (χ1v) is 6.48. The lowest BCUT2D eigenvalue weighted by atomic mass is 9.93. The maximum absolute atomic E-state index is 5.66. The summed E-state index contributed by atoms with van der Waals surface area (Å²) >= 11 is 0. The predicted octanol–water partition coefficient (Wildman–Crippen LogP) is 2.58. The fourth-order valence-corrected chi connectivity index (χ4v) is 2.70. The summed E-state index contributed by atoms with van der Waals surface area (Å²) in [5.41, 5.74) is 2.67. The lowest BCUT2D eigenvalue weighted by Crippen LogP contribution is -2.27. The van der Waals surface area contributed by atoms with Crippen molar-refractivity contribution in [2.45, 2.75) is 32.2 Å². The highest BCUT2D eigenvalue weighted by Gasteiger charge is 2.20. The molecule has 1 aromatic carbocycles. The Morgan fingerprint density at radius 2 is 1.88 bits per heavy atom. The number of hydrogen-bond donors (Lipinski definition) is 1. The minimum absolute atomic E-state index is 0.486. The summed E-state index contributed by atoms with van der Waals surface area (Å²) in [7, 11) is 0. The normalized spacial score (nSPS) is 23.5. The van der Waals surface area contributed by atoms with Crippen LogP contribution in [0.3, 0.4) is 0 Å². The van der Waals surface area contributed by atoms with E-state index in [0.29, 0.717) is 19.3 Å². The van der Waals surface area contributed by atoms with Gasteiger partial charge in [-0.05, 0) is 49.6 Å². The highest BCUT2D eigenvalue weighted by Crippen LogP contribution is 2.36. The zero-order valence-electron chi connectivity index (χ0n) is 10.3. The van der Waals surface area contributed by atoms with Gasteiger partial charge < -0.3 is 14.8 Å². The third kappa shape index (κ3) is 2.12. The van der Waals surface area contributed by atoms with Crippen LogP contribution in [0.5, 0.6) is 11.5 Å². The Morgan fingerprint density at radius 3 is 2.59 bits per heavy atom. The Labute approximate surface area is 102 Å². The number of nitrogens with one attached hydrogen (secondary N) is 1. The molecule has 0 amide bonds. The van der Waals surface area contributed by atoms with E-state index in [1.807, 2.05) is 0 Å². The topological polar surface area (TPSA) is 30.5 Å². The van der Waals surface area contributed by atoms with Gasteiger partial charge in [-0.15, -0.1) is 0 Å². The van der Waals surface area contributed by atoms with E-state index in [2.05, 4.69) is 24.4 Å². The molecule has 2 heterocycles. The number of piperidine rings is 1. The Kier molecular flexibility index (Phi) is 2.93. The number of benzene rings is 1. The van der Waals surface area contributed by atoms with Gasteiger partial charge in [-0.1, -0.05) is 6.42 Å². The summed E-state index contributed by atoms with van der Waals surface area (Å²) in [6, 6.07) is 4.76. The van der Waals surface area contributed by atoms with Crippen molar-refractivity contribution in [3.05, 3.63) is 23.3 Å². The molecule has 2 aliphatic rings. The Morgan fingerprint density at radius 1 is 1.12 bits per heavy atom. The molecule has 1 aromatic rings. The van der Waals surface area contributed by atoms with Gasteiger partial charge in [0, 0.05) is 6.04 Å². The summed E-state index contributed by atoms with van der Waals surface area (Å²) < 4.78 is 11.3. The molecule has 0 spiro atoms. The van der Waals surface area contributed by atoms with Crippen LogP contribution in [0, 0.1) is 6.92 Å². The van der Waals surface area contributed by atoms with Crippen molar-refractivity contribution in [3.63, 3.8) is 0 Å². The largest absolute Gasteiger partial charge is 0.486 e. The second-order valence-electron chi connectivity index (χ2n) is 4.85. The molecule has 1 atom stereocenters. The second kappa shape index (κ2) is 4.57. The standard InChI is InChI=1S/C14H19NO2/c1-10-8-13-14(17-7-6-16-13)9-11(10)12-4-2-3-5-15-12/h8-9,12,15H,2-7H2,1H3. The van der Waals surface area contributed by atoms with Crippen LogP contribution in [0.2, 0.25) is 0 Å². The van der Waals surface area contributed by atoms with E-state index in [-0.39, 0.29) is 0 Å². The molecule has 1 N–H and O–H groups in total. The quantitative estimate of drug-likeness (QED) is 0.808. The molecule has 2 aliphatic heterocycles. The van der Waals surface area contributed by atoms with E-state index in [1.54, 1.807) is 0 Å². The molecular formula is C14H19NO2. The maximum Gasteiger partial charge on any atom is 0.161 e. The number of hydrogen-bond acceptors (Lipinski definition) is 3. The van der Waals surface area contributed by atoms with E-state index < -0.39 is 0 Å². The first-order chi connectivity index (χ1) is 8.34. The first-order valence-electron chi connectivity index (χ1n) is 6.48. The van der Waals surface area contributed by atoms with Crippen LogP contribution in [-0.2, 0) is 0 Å². The summed E-state index contributed by atoms with van der Waals surface area (Å²) in [5.74, 6) is 1.80. The highest BCUT2D eigenvalue weighted by atomic mass is 16.6. The summed E-state index contributed by atoms with van der Waals surface area (Å²) in [6.07, 6.45) is 3.83. The van der Waals surface area contributed by atoms with E-state index in [1.165, 1.54) is 30.4 Å². The van der Waals surface area contributed by atoms with Crippen LogP contribution in [0.4, 0.5) is 0 Å². The van der Waals surface area contributed by atoms with Gasteiger partial charge in [0.05, 0.1) is 0 Å². The van der Waals surface area contributed by atoms with Crippen molar-refractivity contribution in [3.8, 4) is 11.5 Å². The van der Waals surface area contributed by atoms with Gasteiger partial charge in [-0.25, -0.2) is 0 Å². The fourth-order valence-electron chi connectivity index (χ4n) is 2.70. The molecule has 0 aromatic heterocycles. The van der Waals surface area contributed by atoms with Crippen molar-refractivity contribution >= 4 is 0 Å². The Balaban J connectivity index is 1.93. The van der Waals surface area contributed by atoms with Crippen molar-refractivity contribution in [1.29, 1.82) is 0 Å². The summed E-state index contributed by atoms with van der Waals surface area (Å²) in [6.45, 7) is 4.60. The first kappa shape index (κ1) is 10.9. The van der Waals surface area contributed by atoms with E-state index in [4.69, 9.17) is 9.47 Å². The third-order valence-electron chi connectivity index (χ3n) is 3.62. The SMILES string of the molecule is Cc1cc2c(cc1C1CCCCN1)OCCO2. The van der Waals surface area contributed by atoms with Crippen LogP contribution < -0.4 is 14.8 Å². The minimum atomic E-state index is 0.486. The fraction of sp³-hybridized carbons (Fsp3) is 0.571. The zero-order chi connectivity index (χ0) is 11.7. The minimum Gasteiger partial charge on any atom is -0.486 e. The van der Waals surface area contributed by atoms with Crippen LogP contribution in [0.25, 0.3) is 0 Å². The molecule has 1 saturated heterocycles. The molecule has 3 heteroatoms. The number of rotatable bonds is 1. The molecule has 92 valence electrons. The van der Waals surface area contributed by atoms with Gasteiger partial charge in [-0.2, -0.15) is 0 Å². The Hall–Kier alpha value is -1.22. The van der Waals surface area contributed by atoms with E-state index in [0.717, 1.165) is 18.0 Å². The van der Waals surface area contributed by atoms with Gasteiger partial charge in [0.15, 0.2) is 11.5 Å². The lowest BCUT2D eigenvalue weighted by Gasteiger charge is -2.27. The average molecular weight is 233 g/mol. The highest BCUT2D eigenvalue weighted by molar-refractivity contribution is 5.48. The monoisotopic (exact) mass is 233 g/mol. The summed E-state index contributed by atoms with van der Waals surface area (Å²) in [4.78, 5) is 0. The van der Waals surface area contributed by atoms with Gasteiger partial charge in [0.25, 0.3) is 0 Å². The molecule has 0 aliphatic carbocycles. The van der Waals surface area contributed by atoms with Gasteiger partial charge in [0.2, 0.25) is 0 Å². The third-order valence-corrected chi connectivity index (χ3v) is 3.62. The van der Waals surface area contributed by atoms with Crippen LogP contribution in [0.15, 0.2) is 12.1 Å². The van der Waals surface area contributed by atoms with Crippen LogP contribution in [-0.4, -0.2) is 19.8 Å². The number of ether oxygens (including phenoxy) is 2. The van der Waals surface area contributed by atoms with Crippen molar-refractivity contribution in [2.75, 3.05) is 19.8 Å². The van der Waals surface area contributed by atoms with Gasteiger partial charge >= 0.3 is 0 Å². The van der Waals surface area contributed by atoms with Crippen molar-refractivity contribution in [2.24, 2.45) is 0 Å². The number of aryl methyl sites for hydroxylation is 1. The molecule has 0 bridgehead atoms. The molecule has 17 heavy (non-hydrogen) atoms. The summed E-state index contributed by atoms with van der Waals surface area (Å²) in [5, 5.41) is 3.59. The molecule has 3 nitrogen and oxygen atoms in total. The van der Waals surface area contributed by atoms with Crippen LogP contribution >= 0.6 is 0 Å². The average Bonchev–Trinajstić information content (AvgIpc) is 2.39. The second-order valence-corrected chi connectivity index (χ2v) is 4.85. The smallest absolute Gasteiger partial charge is 0.161 e. The molecular weight excluding hydrogens is 214 g/mol. The zero-order valence-corrected chi connectivity index (χ0v) is 10.3. The molecule has 0 saturated carbocycles. The molecule has 1 fully saturated rings. The van der Waals surface area contributed by atoms with Crippen molar-refractivity contribution in [1.82, 2.24) is 5.32 Å². The van der Waals surface area contributed by atoms with E-state index >= 15 is 0 Å². The van der Waals surface area contributed by atoms with E-state index in [9.17, 15) is 0 Å². The number of fused-ring (bicyclic) bond motifs is 1. The van der Waals surface area contributed by atoms with Gasteiger partial charge in [0.1, 0.15) is 13.2 Å². The van der Waals surface area contributed by atoms with Gasteiger partial charge in [-0.3, -0.25) is 0 Å². The maximum atomic E-state index is 5.66. The Bertz CT molecular complexity index is 411. The molecule has 0 radical (unpaired) electrons.